The molecule has 4 rings (SSSR count). The first-order valence-electron chi connectivity index (χ1n) is 8.63. The van der Waals surface area contributed by atoms with Gasteiger partial charge in [0.25, 0.3) is 0 Å². The molecule has 3 heterocycles. The fourth-order valence-corrected chi connectivity index (χ4v) is 3.53. The maximum absolute atomic E-state index is 4.67. The molecule has 2 aromatic heterocycles. The van der Waals surface area contributed by atoms with Crippen LogP contribution in [0.1, 0.15) is 11.4 Å². The monoisotopic (exact) mass is 364 g/mol. The fraction of sp³-hybridized carbons (Fsp3) is 0.263. The van der Waals surface area contributed by atoms with Crippen LogP contribution in [0.3, 0.4) is 0 Å². The minimum atomic E-state index is 0.705. The van der Waals surface area contributed by atoms with E-state index in [2.05, 4.69) is 65.7 Å². The predicted molar refractivity (Wildman–Crippen MR) is 105 cm³/mol. The topological polar surface area (TPSA) is 58.0 Å². The third-order valence-electron chi connectivity index (χ3n) is 4.32. The molecule has 26 heavy (non-hydrogen) atoms. The van der Waals surface area contributed by atoms with Gasteiger partial charge in [0.2, 0.25) is 5.13 Å². The lowest BCUT2D eigenvalue weighted by Crippen LogP contribution is -2.44. The summed E-state index contributed by atoms with van der Waals surface area (Å²) in [5, 5.41) is 0.965. The zero-order valence-electron chi connectivity index (χ0n) is 14.6. The van der Waals surface area contributed by atoms with Crippen molar-refractivity contribution < 1.29 is 0 Å². The SMILES string of the molecule is Cc1ncc(-c2nsc(N3CCN(C=Cc4ccccc4)CC3)n2)cn1. The van der Waals surface area contributed by atoms with E-state index in [1.807, 2.05) is 13.0 Å². The van der Waals surface area contributed by atoms with Gasteiger partial charge in [-0.05, 0) is 24.8 Å². The first-order chi connectivity index (χ1) is 12.8. The van der Waals surface area contributed by atoms with Gasteiger partial charge in [0, 0.05) is 50.1 Å². The number of rotatable bonds is 4. The van der Waals surface area contributed by atoms with Crippen LogP contribution in [0.2, 0.25) is 0 Å². The molecule has 7 heteroatoms. The lowest BCUT2D eigenvalue weighted by molar-refractivity contribution is 0.351. The number of piperazine rings is 1. The minimum Gasteiger partial charge on any atom is -0.374 e. The van der Waals surface area contributed by atoms with Crippen LogP contribution in [0.4, 0.5) is 5.13 Å². The Balaban J connectivity index is 1.36. The largest absolute Gasteiger partial charge is 0.374 e. The summed E-state index contributed by atoms with van der Waals surface area (Å²) >= 11 is 1.44. The lowest BCUT2D eigenvalue weighted by Gasteiger charge is -2.33. The lowest BCUT2D eigenvalue weighted by atomic mass is 10.2. The molecule has 1 aliphatic rings. The van der Waals surface area contributed by atoms with E-state index in [1.54, 1.807) is 12.4 Å². The third kappa shape index (κ3) is 3.88. The molecule has 6 nitrogen and oxygen atoms in total. The van der Waals surface area contributed by atoms with Crippen LogP contribution >= 0.6 is 11.5 Å². The predicted octanol–water partition coefficient (Wildman–Crippen LogP) is 3.10. The maximum atomic E-state index is 4.67. The second kappa shape index (κ2) is 7.61. The normalized spacial score (nSPS) is 15.0. The Morgan fingerprint density at radius 1 is 1.00 bits per heavy atom. The molecule has 1 aromatic carbocycles. The number of aromatic nitrogens is 4. The zero-order valence-corrected chi connectivity index (χ0v) is 15.4. The van der Waals surface area contributed by atoms with E-state index < -0.39 is 0 Å². The second-order valence-corrected chi connectivity index (χ2v) is 6.90. The minimum absolute atomic E-state index is 0.705. The van der Waals surface area contributed by atoms with Crippen molar-refractivity contribution in [1.29, 1.82) is 0 Å². The standard InChI is InChI=1S/C19H20N6S/c1-15-20-13-17(14-21-15)18-22-19(26-23-18)25-11-9-24(10-12-25)8-7-16-5-3-2-4-6-16/h2-8,13-14H,9-12H2,1H3. The van der Waals surface area contributed by atoms with Gasteiger partial charge in [0.05, 0.1) is 5.56 Å². The summed E-state index contributed by atoms with van der Waals surface area (Å²) in [6, 6.07) is 10.4. The Hall–Kier alpha value is -2.80. The summed E-state index contributed by atoms with van der Waals surface area (Å²) < 4.78 is 4.47. The number of hydrogen-bond acceptors (Lipinski definition) is 7. The summed E-state index contributed by atoms with van der Waals surface area (Å²) in [7, 11) is 0. The highest BCUT2D eigenvalue weighted by molar-refractivity contribution is 7.09. The Bertz CT molecular complexity index is 867. The molecule has 1 fully saturated rings. The van der Waals surface area contributed by atoms with E-state index >= 15 is 0 Å². The highest BCUT2D eigenvalue weighted by Gasteiger charge is 2.19. The Morgan fingerprint density at radius 2 is 1.73 bits per heavy atom. The van der Waals surface area contributed by atoms with Gasteiger partial charge in [-0.25, -0.2) is 9.97 Å². The van der Waals surface area contributed by atoms with Crippen LogP contribution in [0.15, 0.2) is 48.9 Å². The average molecular weight is 364 g/mol. The molecule has 132 valence electrons. The molecular formula is C19H20N6S. The molecule has 0 amide bonds. The van der Waals surface area contributed by atoms with Gasteiger partial charge in [0.15, 0.2) is 5.82 Å². The van der Waals surface area contributed by atoms with Crippen LogP contribution in [-0.4, -0.2) is 50.4 Å². The first kappa shape index (κ1) is 16.7. The summed E-state index contributed by atoms with van der Waals surface area (Å²) in [4.78, 5) is 17.7. The van der Waals surface area contributed by atoms with Crippen molar-refractivity contribution in [2.24, 2.45) is 0 Å². The summed E-state index contributed by atoms with van der Waals surface area (Å²) in [5.74, 6) is 1.46. The molecule has 0 saturated carbocycles. The second-order valence-electron chi connectivity index (χ2n) is 6.17. The highest BCUT2D eigenvalue weighted by atomic mass is 32.1. The third-order valence-corrected chi connectivity index (χ3v) is 5.09. The molecule has 1 aliphatic heterocycles. The Labute approximate surface area is 157 Å². The Kier molecular flexibility index (Phi) is 4.88. The van der Waals surface area contributed by atoms with Gasteiger partial charge in [-0.1, -0.05) is 30.3 Å². The number of benzene rings is 1. The molecule has 1 saturated heterocycles. The molecule has 0 N–H and O–H groups in total. The van der Waals surface area contributed by atoms with Crippen molar-refractivity contribution in [2.75, 3.05) is 31.1 Å². The van der Waals surface area contributed by atoms with Crippen molar-refractivity contribution >= 4 is 22.7 Å². The molecule has 3 aromatic rings. The summed E-state index contributed by atoms with van der Waals surface area (Å²) in [5.41, 5.74) is 2.09. The number of nitrogens with zero attached hydrogens (tertiary/aromatic N) is 6. The molecule has 0 unspecified atom stereocenters. The van der Waals surface area contributed by atoms with E-state index in [0.29, 0.717) is 5.82 Å². The van der Waals surface area contributed by atoms with Crippen molar-refractivity contribution in [2.45, 2.75) is 6.92 Å². The number of anilines is 1. The summed E-state index contributed by atoms with van der Waals surface area (Å²) in [6.07, 6.45) is 7.90. The maximum Gasteiger partial charge on any atom is 0.205 e. The average Bonchev–Trinajstić information content (AvgIpc) is 3.18. The fourth-order valence-electron chi connectivity index (χ4n) is 2.79. The van der Waals surface area contributed by atoms with Crippen LogP contribution < -0.4 is 4.90 Å². The van der Waals surface area contributed by atoms with Crippen molar-refractivity contribution in [3.8, 4) is 11.4 Å². The van der Waals surface area contributed by atoms with E-state index in [1.165, 1.54) is 17.1 Å². The van der Waals surface area contributed by atoms with Crippen molar-refractivity contribution in [3.63, 3.8) is 0 Å². The van der Waals surface area contributed by atoms with Crippen LogP contribution in [0, 0.1) is 6.92 Å². The molecular weight excluding hydrogens is 344 g/mol. The first-order valence-corrected chi connectivity index (χ1v) is 9.40. The molecule has 0 bridgehead atoms. The van der Waals surface area contributed by atoms with Crippen LogP contribution in [0.5, 0.6) is 0 Å². The van der Waals surface area contributed by atoms with Gasteiger partial charge in [-0.15, -0.1) is 0 Å². The van der Waals surface area contributed by atoms with Gasteiger partial charge in [0.1, 0.15) is 5.82 Å². The van der Waals surface area contributed by atoms with E-state index in [9.17, 15) is 0 Å². The van der Waals surface area contributed by atoms with Gasteiger partial charge in [-0.3, -0.25) is 0 Å². The Morgan fingerprint density at radius 3 is 2.46 bits per heavy atom. The highest BCUT2D eigenvalue weighted by Crippen LogP contribution is 2.24. The smallest absolute Gasteiger partial charge is 0.205 e. The molecule has 0 spiro atoms. The van der Waals surface area contributed by atoms with Crippen LogP contribution in [0.25, 0.3) is 17.5 Å². The zero-order chi connectivity index (χ0) is 17.8. The number of aryl methyl sites for hydroxylation is 1. The van der Waals surface area contributed by atoms with E-state index in [-0.39, 0.29) is 0 Å². The van der Waals surface area contributed by atoms with E-state index in [0.717, 1.165) is 42.7 Å². The molecule has 0 radical (unpaired) electrons. The van der Waals surface area contributed by atoms with Gasteiger partial charge >= 0.3 is 0 Å². The van der Waals surface area contributed by atoms with Crippen molar-refractivity contribution in [1.82, 2.24) is 24.2 Å². The summed E-state index contributed by atoms with van der Waals surface area (Å²) in [6.45, 7) is 5.71. The van der Waals surface area contributed by atoms with Gasteiger partial charge < -0.3 is 9.80 Å². The molecule has 0 aliphatic carbocycles. The van der Waals surface area contributed by atoms with E-state index in [4.69, 9.17) is 0 Å². The van der Waals surface area contributed by atoms with Crippen LogP contribution in [-0.2, 0) is 0 Å². The van der Waals surface area contributed by atoms with Gasteiger partial charge in [-0.2, -0.15) is 9.36 Å². The van der Waals surface area contributed by atoms with Crippen molar-refractivity contribution in [3.05, 3.63) is 60.3 Å². The quantitative estimate of drug-likeness (QED) is 0.709. The molecule has 0 atom stereocenters. The number of hydrogen-bond donors (Lipinski definition) is 0.